The number of benzene rings is 2. The lowest BCUT2D eigenvalue weighted by atomic mass is 10.1. The van der Waals surface area contributed by atoms with Crippen molar-refractivity contribution in [2.75, 3.05) is 19.5 Å². The molecule has 10 heteroatoms. The van der Waals surface area contributed by atoms with Crippen molar-refractivity contribution < 1.29 is 40.6 Å². The molecule has 0 saturated carbocycles. The minimum atomic E-state index is -5.01. The lowest BCUT2D eigenvalue weighted by Gasteiger charge is -2.15. The van der Waals surface area contributed by atoms with Gasteiger partial charge in [-0.15, -0.1) is 0 Å². The van der Waals surface area contributed by atoms with E-state index >= 15 is 0 Å². The molecule has 0 atom stereocenters. The van der Waals surface area contributed by atoms with E-state index in [1.165, 1.54) is 32.4 Å². The van der Waals surface area contributed by atoms with E-state index in [4.69, 9.17) is 9.47 Å². The molecule has 0 fully saturated rings. The summed E-state index contributed by atoms with van der Waals surface area (Å²) in [6, 6.07) is 4.73. The minimum absolute atomic E-state index is 0.0218. The Morgan fingerprint density at radius 3 is 1.78 bits per heavy atom. The van der Waals surface area contributed by atoms with Crippen molar-refractivity contribution in [2.45, 2.75) is 12.4 Å². The molecule has 27 heavy (non-hydrogen) atoms. The molecule has 1 amide bonds. The molecular formula is C17H13F6NO3. The van der Waals surface area contributed by atoms with Gasteiger partial charge in [0.05, 0.1) is 25.3 Å². The smallest absolute Gasteiger partial charge is 0.416 e. The maximum absolute atomic E-state index is 12.9. The van der Waals surface area contributed by atoms with Crippen LogP contribution in [0.1, 0.15) is 21.5 Å². The number of alkyl halides is 6. The summed E-state index contributed by atoms with van der Waals surface area (Å²) in [5, 5.41) is 2.04. The Hall–Kier alpha value is -2.91. The Bertz CT molecular complexity index is 813. The van der Waals surface area contributed by atoms with Crippen molar-refractivity contribution >= 4 is 11.6 Å². The Morgan fingerprint density at radius 2 is 1.33 bits per heavy atom. The number of carbonyl (C=O) groups excluding carboxylic acids is 1. The van der Waals surface area contributed by atoms with E-state index in [2.05, 4.69) is 0 Å². The first-order valence-corrected chi connectivity index (χ1v) is 7.28. The minimum Gasteiger partial charge on any atom is -0.493 e. The summed E-state index contributed by atoms with van der Waals surface area (Å²) in [5.41, 5.74) is -3.74. The summed E-state index contributed by atoms with van der Waals surface area (Å²) >= 11 is 0. The van der Waals surface area contributed by atoms with E-state index in [1.807, 2.05) is 5.32 Å². The zero-order valence-corrected chi connectivity index (χ0v) is 14.0. The molecule has 0 aliphatic heterocycles. The molecule has 0 saturated heterocycles. The lowest BCUT2D eigenvalue weighted by molar-refractivity contribution is -0.143. The molecule has 0 heterocycles. The molecular weight excluding hydrogens is 380 g/mol. The van der Waals surface area contributed by atoms with Gasteiger partial charge < -0.3 is 14.8 Å². The maximum Gasteiger partial charge on any atom is 0.416 e. The van der Waals surface area contributed by atoms with E-state index in [0.29, 0.717) is 17.9 Å². The summed E-state index contributed by atoms with van der Waals surface area (Å²) in [4.78, 5) is 12.2. The summed E-state index contributed by atoms with van der Waals surface area (Å²) in [6.45, 7) is 0. The molecule has 0 aliphatic carbocycles. The van der Waals surface area contributed by atoms with Crippen molar-refractivity contribution in [3.63, 3.8) is 0 Å². The third-order valence-electron chi connectivity index (χ3n) is 3.49. The number of amides is 1. The molecule has 2 aromatic rings. The van der Waals surface area contributed by atoms with E-state index in [1.54, 1.807) is 0 Å². The topological polar surface area (TPSA) is 47.6 Å². The third-order valence-corrected chi connectivity index (χ3v) is 3.49. The largest absolute Gasteiger partial charge is 0.493 e. The van der Waals surface area contributed by atoms with Gasteiger partial charge in [0.2, 0.25) is 0 Å². The molecule has 4 nitrogen and oxygen atoms in total. The standard InChI is InChI=1S/C17H13F6NO3/c1-26-13-4-3-9(5-14(13)27-2)15(25)24-12-7-10(16(18,19)20)6-11(8-12)17(21,22)23/h3-8H,1-2H3,(H,24,25). The SMILES string of the molecule is COc1ccc(C(=O)Nc2cc(C(F)(F)F)cc(C(F)(F)F)c2)cc1OC. The fraction of sp³-hybridized carbons (Fsp3) is 0.235. The Kier molecular flexibility index (Phi) is 5.57. The van der Waals surface area contributed by atoms with Crippen LogP contribution in [0.2, 0.25) is 0 Å². The fourth-order valence-electron chi connectivity index (χ4n) is 2.21. The van der Waals surface area contributed by atoms with Crippen LogP contribution in [0.4, 0.5) is 32.0 Å². The second kappa shape index (κ2) is 7.37. The Balaban J connectivity index is 2.40. The van der Waals surface area contributed by atoms with Gasteiger partial charge >= 0.3 is 12.4 Å². The third kappa shape index (κ3) is 4.83. The molecule has 0 spiro atoms. The molecule has 0 unspecified atom stereocenters. The van der Waals surface area contributed by atoms with E-state index < -0.39 is 35.1 Å². The number of anilines is 1. The van der Waals surface area contributed by atoms with Crippen LogP contribution < -0.4 is 14.8 Å². The maximum atomic E-state index is 12.9. The van der Waals surface area contributed by atoms with Crippen molar-refractivity contribution in [2.24, 2.45) is 0 Å². The van der Waals surface area contributed by atoms with Crippen molar-refractivity contribution in [3.05, 3.63) is 53.1 Å². The van der Waals surface area contributed by atoms with E-state index in [9.17, 15) is 31.1 Å². The average Bonchev–Trinajstić information content (AvgIpc) is 2.59. The van der Waals surface area contributed by atoms with Crippen LogP contribution in [-0.4, -0.2) is 20.1 Å². The van der Waals surface area contributed by atoms with Crippen molar-refractivity contribution in [3.8, 4) is 11.5 Å². The highest BCUT2D eigenvalue weighted by Gasteiger charge is 2.37. The normalized spacial score (nSPS) is 11.9. The predicted molar refractivity (Wildman–Crippen MR) is 83.9 cm³/mol. The fourth-order valence-corrected chi connectivity index (χ4v) is 2.21. The number of rotatable bonds is 4. The summed E-state index contributed by atoms with van der Waals surface area (Å²) < 4.78 is 87.2. The highest BCUT2D eigenvalue weighted by atomic mass is 19.4. The number of nitrogens with one attached hydrogen (secondary N) is 1. The number of halogens is 6. The first-order chi connectivity index (χ1) is 12.5. The van der Waals surface area contributed by atoms with Crippen LogP contribution in [0.3, 0.4) is 0 Å². The Labute approximate surface area is 149 Å². The van der Waals surface area contributed by atoms with Crippen LogP contribution in [0.15, 0.2) is 36.4 Å². The summed E-state index contributed by atoms with van der Waals surface area (Å²) in [7, 11) is 2.67. The van der Waals surface area contributed by atoms with Gasteiger partial charge in [-0.2, -0.15) is 26.3 Å². The van der Waals surface area contributed by atoms with Gasteiger partial charge in [0.15, 0.2) is 11.5 Å². The van der Waals surface area contributed by atoms with E-state index in [0.717, 1.165) is 0 Å². The number of carbonyl (C=O) groups is 1. The van der Waals surface area contributed by atoms with Gasteiger partial charge in [-0.25, -0.2) is 0 Å². The first kappa shape index (κ1) is 20.4. The van der Waals surface area contributed by atoms with Gasteiger partial charge in [0.1, 0.15) is 0 Å². The molecule has 146 valence electrons. The molecule has 2 aromatic carbocycles. The van der Waals surface area contributed by atoms with E-state index in [-0.39, 0.29) is 17.4 Å². The van der Waals surface area contributed by atoms with Gasteiger partial charge in [0, 0.05) is 11.3 Å². The molecule has 2 rings (SSSR count). The van der Waals surface area contributed by atoms with Gasteiger partial charge in [0.25, 0.3) is 5.91 Å². The number of hydrogen-bond acceptors (Lipinski definition) is 3. The highest BCUT2D eigenvalue weighted by Crippen LogP contribution is 2.37. The van der Waals surface area contributed by atoms with Crippen molar-refractivity contribution in [1.29, 1.82) is 0 Å². The zero-order chi connectivity index (χ0) is 20.4. The number of hydrogen-bond donors (Lipinski definition) is 1. The van der Waals surface area contributed by atoms with Crippen LogP contribution in [0, 0.1) is 0 Å². The monoisotopic (exact) mass is 393 g/mol. The van der Waals surface area contributed by atoms with Gasteiger partial charge in [-0.3, -0.25) is 4.79 Å². The van der Waals surface area contributed by atoms with Crippen LogP contribution in [-0.2, 0) is 12.4 Å². The molecule has 0 radical (unpaired) electrons. The second-order valence-electron chi connectivity index (χ2n) is 5.32. The predicted octanol–water partition coefficient (Wildman–Crippen LogP) is 4.99. The zero-order valence-electron chi connectivity index (χ0n) is 14.0. The Morgan fingerprint density at radius 1 is 0.815 bits per heavy atom. The molecule has 0 bridgehead atoms. The van der Waals surface area contributed by atoms with Crippen LogP contribution in [0.25, 0.3) is 0 Å². The first-order valence-electron chi connectivity index (χ1n) is 7.28. The lowest BCUT2D eigenvalue weighted by Crippen LogP contribution is -2.16. The van der Waals surface area contributed by atoms with Gasteiger partial charge in [-0.1, -0.05) is 0 Å². The van der Waals surface area contributed by atoms with Crippen molar-refractivity contribution in [1.82, 2.24) is 0 Å². The highest BCUT2D eigenvalue weighted by molar-refractivity contribution is 6.04. The van der Waals surface area contributed by atoms with Crippen LogP contribution in [0.5, 0.6) is 11.5 Å². The molecule has 1 N–H and O–H groups in total. The molecule has 0 aliphatic rings. The number of ether oxygens (including phenoxy) is 2. The summed E-state index contributed by atoms with van der Waals surface area (Å²) in [5.74, 6) is -0.443. The number of methoxy groups -OCH3 is 2. The van der Waals surface area contributed by atoms with Gasteiger partial charge in [-0.05, 0) is 36.4 Å². The molecule has 0 aromatic heterocycles. The van der Waals surface area contributed by atoms with Crippen LogP contribution >= 0.6 is 0 Å². The quantitative estimate of drug-likeness (QED) is 0.745. The summed E-state index contributed by atoms with van der Waals surface area (Å²) in [6.07, 6.45) is -10.0. The average molecular weight is 393 g/mol. The second-order valence-corrected chi connectivity index (χ2v) is 5.32.